The van der Waals surface area contributed by atoms with Gasteiger partial charge in [0.15, 0.2) is 6.10 Å². The molecule has 0 saturated carbocycles. The van der Waals surface area contributed by atoms with Gasteiger partial charge in [0.05, 0.1) is 4.34 Å². The van der Waals surface area contributed by atoms with Gasteiger partial charge in [-0.1, -0.05) is 23.2 Å². The van der Waals surface area contributed by atoms with Crippen molar-refractivity contribution >= 4 is 50.5 Å². The Bertz CT molecular complexity index is 542. The van der Waals surface area contributed by atoms with Crippen molar-refractivity contribution in [1.82, 2.24) is 4.72 Å². The Morgan fingerprint density at radius 2 is 2.22 bits per heavy atom. The standard InChI is InChI=1S/C8H9Cl2NO5S2/c1-16-4(8(12)13)3-11-18(14,15)5-2-6(9)17-7(5)10/h2,4,11H,3H2,1H3,(H,12,13). The number of thiophene rings is 1. The number of hydrogen-bond donors (Lipinski definition) is 2. The average Bonchev–Trinajstić information content (AvgIpc) is 2.58. The summed E-state index contributed by atoms with van der Waals surface area (Å²) in [7, 11) is -2.74. The topological polar surface area (TPSA) is 92.7 Å². The maximum absolute atomic E-state index is 11.8. The van der Waals surface area contributed by atoms with Crippen molar-refractivity contribution < 1.29 is 23.1 Å². The Balaban J connectivity index is 2.83. The number of ether oxygens (including phenoxy) is 1. The summed E-state index contributed by atoms with van der Waals surface area (Å²) < 4.78 is 30.5. The molecule has 2 N–H and O–H groups in total. The quantitative estimate of drug-likeness (QED) is 0.821. The number of nitrogens with one attached hydrogen (secondary N) is 1. The molecule has 1 atom stereocenters. The summed E-state index contributed by atoms with van der Waals surface area (Å²) in [6.45, 7) is -0.405. The molecule has 102 valence electrons. The molecule has 1 aromatic rings. The van der Waals surface area contributed by atoms with Crippen LogP contribution >= 0.6 is 34.5 Å². The van der Waals surface area contributed by atoms with Crippen LogP contribution in [0, 0.1) is 0 Å². The van der Waals surface area contributed by atoms with Crippen LogP contribution in [0.4, 0.5) is 0 Å². The number of hydrogen-bond acceptors (Lipinski definition) is 5. The lowest BCUT2D eigenvalue weighted by Gasteiger charge is -2.11. The highest BCUT2D eigenvalue weighted by atomic mass is 35.5. The monoisotopic (exact) mass is 333 g/mol. The second-order valence-electron chi connectivity index (χ2n) is 3.10. The zero-order valence-electron chi connectivity index (χ0n) is 9.01. The van der Waals surface area contributed by atoms with Crippen LogP contribution in [0.2, 0.25) is 8.67 Å². The van der Waals surface area contributed by atoms with Crippen molar-refractivity contribution in [2.45, 2.75) is 11.0 Å². The highest BCUT2D eigenvalue weighted by molar-refractivity contribution is 7.89. The van der Waals surface area contributed by atoms with E-state index in [4.69, 9.17) is 28.3 Å². The average molecular weight is 334 g/mol. The Kier molecular flexibility index (Phi) is 5.38. The Hall–Kier alpha value is -0.380. The second-order valence-corrected chi connectivity index (χ2v) is 7.12. The smallest absolute Gasteiger partial charge is 0.334 e. The molecule has 0 aliphatic carbocycles. The van der Waals surface area contributed by atoms with E-state index in [9.17, 15) is 13.2 Å². The summed E-state index contributed by atoms with van der Waals surface area (Å²) in [6, 6.07) is 1.19. The Morgan fingerprint density at radius 3 is 2.61 bits per heavy atom. The van der Waals surface area contributed by atoms with Gasteiger partial charge in [0, 0.05) is 13.7 Å². The molecule has 0 amide bonds. The van der Waals surface area contributed by atoms with Crippen LogP contribution in [0.5, 0.6) is 0 Å². The maximum Gasteiger partial charge on any atom is 0.334 e. The largest absolute Gasteiger partial charge is 0.479 e. The van der Waals surface area contributed by atoms with E-state index in [-0.39, 0.29) is 13.6 Å². The lowest BCUT2D eigenvalue weighted by atomic mass is 10.4. The second kappa shape index (κ2) is 6.18. The summed E-state index contributed by atoms with van der Waals surface area (Å²) in [5.41, 5.74) is 0. The summed E-state index contributed by atoms with van der Waals surface area (Å²) >= 11 is 12.3. The fourth-order valence-electron chi connectivity index (χ4n) is 1.04. The third-order valence-corrected chi connectivity index (χ3v) is 5.11. The molecule has 0 spiro atoms. The molecule has 1 aromatic heterocycles. The first kappa shape index (κ1) is 15.7. The third-order valence-electron chi connectivity index (χ3n) is 1.93. The van der Waals surface area contributed by atoms with E-state index >= 15 is 0 Å². The third kappa shape index (κ3) is 3.81. The van der Waals surface area contributed by atoms with Crippen LogP contribution in [0.1, 0.15) is 0 Å². The number of methoxy groups -OCH3 is 1. The maximum atomic E-state index is 11.8. The number of carboxylic acid groups (broad SMARTS) is 1. The summed E-state index contributed by atoms with van der Waals surface area (Å²) in [6.07, 6.45) is -1.27. The van der Waals surface area contributed by atoms with Crippen molar-refractivity contribution in [3.05, 3.63) is 14.7 Å². The Labute approximate surface area is 118 Å². The van der Waals surface area contributed by atoms with Gasteiger partial charge < -0.3 is 9.84 Å². The lowest BCUT2D eigenvalue weighted by Crippen LogP contribution is -2.37. The predicted molar refractivity (Wildman–Crippen MR) is 68.0 cm³/mol. The molecular formula is C8H9Cl2NO5S2. The van der Waals surface area contributed by atoms with E-state index in [1.165, 1.54) is 13.2 Å². The predicted octanol–water partition coefficient (Wildman–Crippen LogP) is 1.43. The molecule has 1 rings (SSSR count). The van der Waals surface area contributed by atoms with Gasteiger partial charge in [0.1, 0.15) is 9.23 Å². The molecule has 0 aliphatic heterocycles. The first-order chi connectivity index (χ1) is 8.27. The molecule has 0 fully saturated rings. The van der Waals surface area contributed by atoms with Crippen LogP contribution in [-0.4, -0.2) is 39.3 Å². The van der Waals surface area contributed by atoms with Gasteiger partial charge in [0.2, 0.25) is 10.0 Å². The normalized spacial score (nSPS) is 13.5. The number of carboxylic acids is 1. The summed E-state index contributed by atoms with van der Waals surface area (Å²) in [4.78, 5) is 10.5. The van der Waals surface area contributed by atoms with E-state index in [2.05, 4.69) is 9.46 Å². The molecule has 1 unspecified atom stereocenters. The van der Waals surface area contributed by atoms with Crippen molar-refractivity contribution in [1.29, 1.82) is 0 Å². The van der Waals surface area contributed by atoms with Gasteiger partial charge in [-0.15, -0.1) is 11.3 Å². The first-order valence-corrected chi connectivity index (χ1v) is 7.53. The van der Waals surface area contributed by atoms with Gasteiger partial charge in [-0.25, -0.2) is 17.9 Å². The van der Waals surface area contributed by atoms with Crippen molar-refractivity contribution in [2.24, 2.45) is 0 Å². The van der Waals surface area contributed by atoms with Crippen molar-refractivity contribution in [3.8, 4) is 0 Å². The molecule has 18 heavy (non-hydrogen) atoms. The number of halogens is 2. The highest BCUT2D eigenvalue weighted by Crippen LogP contribution is 2.33. The van der Waals surface area contributed by atoms with Gasteiger partial charge in [-0.05, 0) is 6.07 Å². The van der Waals surface area contributed by atoms with Gasteiger partial charge in [-0.2, -0.15) is 0 Å². The molecule has 0 bridgehead atoms. The van der Waals surface area contributed by atoms with Gasteiger partial charge in [-0.3, -0.25) is 0 Å². The Morgan fingerprint density at radius 1 is 1.61 bits per heavy atom. The number of rotatable bonds is 6. The van der Waals surface area contributed by atoms with Crippen molar-refractivity contribution in [2.75, 3.05) is 13.7 Å². The highest BCUT2D eigenvalue weighted by Gasteiger charge is 2.24. The summed E-state index contributed by atoms with van der Waals surface area (Å²) in [5.74, 6) is -1.27. The van der Waals surface area contributed by atoms with Crippen LogP contribution in [0.25, 0.3) is 0 Å². The van der Waals surface area contributed by atoms with Crippen LogP contribution in [0.15, 0.2) is 11.0 Å². The zero-order valence-corrected chi connectivity index (χ0v) is 12.2. The van der Waals surface area contributed by atoms with Crippen LogP contribution in [0.3, 0.4) is 0 Å². The minimum Gasteiger partial charge on any atom is -0.479 e. The molecule has 10 heteroatoms. The minimum absolute atomic E-state index is 0.0109. The molecule has 0 saturated heterocycles. The van der Waals surface area contributed by atoms with Crippen molar-refractivity contribution in [3.63, 3.8) is 0 Å². The van der Waals surface area contributed by atoms with Crippen LogP contribution < -0.4 is 4.72 Å². The van der Waals surface area contributed by atoms with Gasteiger partial charge in [0.25, 0.3) is 0 Å². The molecule has 6 nitrogen and oxygen atoms in total. The van der Waals surface area contributed by atoms with Crippen LogP contribution in [-0.2, 0) is 19.6 Å². The molecule has 0 radical (unpaired) electrons. The van der Waals surface area contributed by atoms with E-state index in [1.807, 2.05) is 0 Å². The zero-order chi connectivity index (χ0) is 13.9. The molecular weight excluding hydrogens is 325 g/mol. The SMILES string of the molecule is COC(CNS(=O)(=O)c1cc(Cl)sc1Cl)C(=O)O. The number of aliphatic carboxylic acids is 1. The minimum atomic E-state index is -3.91. The lowest BCUT2D eigenvalue weighted by molar-refractivity contribution is -0.147. The number of carbonyl (C=O) groups is 1. The fourth-order valence-corrected chi connectivity index (χ4v) is 4.22. The molecule has 0 aromatic carbocycles. The fraction of sp³-hybridized carbons (Fsp3) is 0.375. The van der Waals surface area contributed by atoms with E-state index in [0.717, 1.165) is 11.3 Å². The van der Waals surface area contributed by atoms with Gasteiger partial charge >= 0.3 is 5.97 Å². The summed E-state index contributed by atoms with van der Waals surface area (Å²) in [5, 5.41) is 8.69. The number of sulfonamides is 1. The molecule has 1 heterocycles. The molecule has 0 aliphatic rings. The first-order valence-electron chi connectivity index (χ1n) is 4.48. The van der Waals surface area contributed by atoms with E-state index in [0.29, 0.717) is 0 Å². The van der Waals surface area contributed by atoms with E-state index in [1.54, 1.807) is 0 Å². The van der Waals surface area contributed by atoms with E-state index < -0.39 is 28.6 Å².